The second-order valence-corrected chi connectivity index (χ2v) is 9.38. The van der Waals surface area contributed by atoms with Crippen LogP contribution in [0.25, 0.3) is 0 Å². The lowest BCUT2D eigenvalue weighted by atomic mass is 10.1. The van der Waals surface area contributed by atoms with Gasteiger partial charge >= 0.3 is 0 Å². The van der Waals surface area contributed by atoms with Crippen LogP contribution < -0.4 is 4.90 Å². The number of fused-ring (bicyclic) bond motifs is 1. The summed E-state index contributed by atoms with van der Waals surface area (Å²) in [5.74, 6) is -0.536. The molecule has 8 heteroatoms. The largest absolute Gasteiger partial charge is 0.310 e. The van der Waals surface area contributed by atoms with Gasteiger partial charge in [-0.05, 0) is 43.2 Å². The molecule has 0 unspecified atom stereocenters. The van der Waals surface area contributed by atoms with Crippen molar-refractivity contribution in [2.75, 3.05) is 37.6 Å². The Balaban J connectivity index is 1.41. The van der Waals surface area contributed by atoms with Gasteiger partial charge in [-0.1, -0.05) is 24.3 Å². The van der Waals surface area contributed by atoms with Gasteiger partial charge in [-0.15, -0.1) is 0 Å². The molecular weight excluding hydrogens is 393 g/mol. The van der Waals surface area contributed by atoms with Crippen molar-refractivity contribution in [3.05, 3.63) is 59.9 Å². The number of anilines is 1. The van der Waals surface area contributed by atoms with Gasteiger partial charge in [0.15, 0.2) is 0 Å². The van der Waals surface area contributed by atoms with Crippen molar-refractivity contribution in [2.24, 2.45) is 0 Å². The molecule has 0 bridgehead atoms. The van der Waals surface area contributed by atoms with E-state index in [1.54, 1.807) is 0 Å². The maximum absolute atomic E-state index is 13.4. The molecule has 0 aromatic heterocycles. The third-order valence-corrected chi connectivity index (χ3v) is 7.66. The van der Waals surface area contributed by atoms with Crippen molar-refractivity contribution in [1.29, 1.82) is 0 Å². The van der Waals surface area contributed by atoms with E-state index in [9.17, 15) is 17.6 Å². The number of carbonyl (C=O) groups is 1. The van der Waals surface area contributed by atoms with Gasteiger partial charge in [0.05, 0.1) is 10.9 Å². The summed E-state index contributed by atoms with van der Waals surface area (Å²) in [5, 5.41) is 0. The number of rotatable bonds is 4. The number of para-hydroxylation sites is 1. The quantitative estimate of drug-likeness (QED) is 0.765. The van der Waals surface area contributed by atoms with E-state index >= 15 is 0 Å². The standard InChI is InChI=1S/C21H24FN3O3S/c1-16(21(26)25-10-9-17-5-2-3-8-20(17)25)23-11-13-24(14-12-23)29(27,28)19-7-4-6-18(22)15-19/h2-8,15-16H,9-14H2,1H3/t16-/m0/s1. The predicted molar refractivity (Wildman–Crippen MR) is 109 cm³/mol. The average Bonchev–Trinajstić information content (AvgIpc) is 3.17. The third-order valence-electron chi connectivity index (χ3n) is 5.77. The van der Waals surface area contributed by atoms with Crippen LogP contribution >= 0.6 is 0 Å². The van der Waals surface area contributed by atoms with Crippen molar-refractivity contribution in [3.63, 3.8) is 0 Å². The monoisotopic (exact) mass is 417 g/mol. The number of sulfonamides is 1. The Hall–Kier alpha value is -2.29. The van der Waals surface area contributed by atoms with Crippen LogP contribution in [0.5, 0.6) is 0 Å². The number of nitrogens with zero attached hydrogens (tertiary/aromatic N) is 3. The molecule has 0 saturated carbocycles. The number of hydrogen-bond acceptors (Lipinski definition) is 4. The number of benzene rings is 2. The molecule has 6 nitrogen and oxygen atoms in total. The predicted octanol–water partition coefficient (Wildman–Crippen LogP) is 2.11. The molecule has 2 aliphatic rings. The van der Waals surface area contributed by atoms with Crippen LogP contribution in [0.1, 0.15) is 12.5 Å². The lowest BCUT2D eigenvalue weighted by molar-refractivity contribution is -0.123. The number of hydrogen-bond donors (Lipinski definition) is 0. The number of carbonyl (C=O) groups excluding carboxylic acids is 1. The highest BCUT2D eigenvalue weighted by Gasteiger charge is 2.35. The van der Waals surface area contributed by atoms with Crippen molar-refractivity contribution in [2.45, 2.75) is 24.3 Å². The molecule has 0 radical (unpaired) electrons. The van der Waals surface area contributed by atoms with Gasteiger partial charge in [-0.25, -0.2) is 12.8 Å². The highest BCUT2D eigenvalue weighted by molar-refractivity contribution is 7.89. The van der Waals surface area contributed by atoms with Crippen molar-refractivity contribution in [1.82, 2.24) is 9.21 Å². The molecule has 2 aromatic rings. The fourth-order valence-electron chi connectivity index (χ4n) is 4.06. The number of amides is 1. The zero-order valence-corrected chi connectivity index (χ0v) is 17.1. The van der Waals surface area contributed by atoms with Crippen LogP contribution in [0, 0.1) is 5.82 Å². The van der Waals surface area contributed by atoms with E-state index in [4.69, 9.17) is 0 Å². The first-order chi connectivity index (χ1) is 13.9. The van der Waals surface area contributed by atoms with Crippen LogP contribution in [0.2, 0.25) is 0 Å². The van der Waals surface area contributed by atoms with E-state index in [1.807, 2.05) is 41.0 Å². The summed E-state index contributed by atoms with van der Waals surface area (Å²) >= 11 is 0. The maximum Gasteiger partial charge on any atom is 0.244 e. The molecule has 0 aliphatic carbocycles. The Bertz CT molecular complexity index is 1020. The van der Waals surface area contributed by atoms with E-state index in [0.29, 0.717) is 19.6 Å². The number of piperazine rings is 1. The van der Waals surface area contributed by atoms with Gasteiger partial charge in [0.25, 0.3) is 0 Å². The summed E-state index contributed by atoms with van der Waals surface area (Å²) in [6.07, 6.45) is 0.855. The second-order valence-electron chi connectivity index (χ2n) is 7.44. The minimum atomic E-state index is -3.74. The van der Waals surface area contributed by atoms with Crippen LogP contribution in [0.15, 0.2) is 53.4 Å². The summed E-state index contributed by atoms with van der Waals surface area (Å²) < 4.78 is 40.3. The van der Waals surface area contributed by atoms with Crippen LogP contribution in [-0.2, 0) is 21.2 Å². The zero-order valence-electron chi connectivity index (χ0n) is 16.3. The Labute approximate surface area is 170 Å². The van der Waals surface area contributed by atoms with Gasteiger partial charge in [-0.2, -0.15) is 4.31 Å². The van der Waals surface area contributed by atoms with Crippen LogP contribution in [-0.4, -0.2) is 62.3 Å². The van der Waals surface area contributed by atoms with E-state index in [2.05, 4.69) is 0 Å². The lowest BCUT2D eigenvalue weighted by Crippen LogP contribution is -2.55. The van der Waals surface area contributed by atoms with Gasteiger partial charge in [0.1, 0.15) is 5.82 Å². The van der Waals surface area contributed by atoms with Gasteiger partial charge < -0.3 is 4.90 Å². The molecule has 2 heterocycles. The molecule has 2 aromatic carbocycles. The Morgan fingerprint density at radius 1 is 1.00 bits per heavy atom. The zero-order chi connectivity index (χ0) is 20.6. The average molecular weight is 418 g/mol. The maximum atomic E-state index is 13.4. The summed E-state index contributed by atoms with van der Waals surface area (Å²) in [6.45, 7) is 4.00. The first kappa shape index (κ1) is 20.0. The Morgan fingerprint density at radius 3 is 2.45 bits per heavy atom. The van der Waals surface area contributed by atoms with E-state index < -0.39 is 15.8 Å². The minimum absolute atomic E-state index is 0.0382. The van der Waals surface area contributed by atoms with Gasteiger partial charge in [0.2, 0.25) is 15.9 Å². The summed E-state index contributed by atoms with van der Waals surface area (Å²) in [7, 11) is -3.74. The summed E-state index contributed by atoms with van der Waals surface area (Å²) in [5.41, 5.74) is 2.15. The Morgan fingerprint density at radius 2 is 1.72 bits per heavy atom. The molecule has 0 spiro atoms. The molecule has 0 N–H and O–H groups in total. The minimum Gasteiger partial charge on any atom is -0.310 e. The molecule has 154 valence electrons. The summed E-state index contributed by atoms with van der Waals surface area (Å²) in [4.78, 5) is 16.9. The first-order valence-corrected chi connectivity index (χ1v) is 11.2. The molecule has 2 aliphatic heterocycles. The van der Waals surface area contributed by atoms with E-state index in [1.165, 1.54) is 28.1 Å². The van der Waals surface area contributed by atoms with Crippen molar-refractivity contribution < 1.29 is 17.6 Å². The SMILES string of the molecule is C[C@@H](C(=O)N1CCc2ccccc21)N1CCN(S(=O)(=O)c2cccc(F)c2)CC1. The van der Waals surface area contributed by atoms with E-state index in [0.717, 1.165) is 18.2 Å². The van der Waals surface area contributed by atoms with E-state index in [-0.39, 0.29) is 29.9 Å². The molecule has 1 fully saturated rings. The Kier molecular flexibility index (Phi) is 5.42. The molecular formula is C21H24FN3O3S. The highest BCUT2D eigenvalue weighted by Crippen LogP contribution is 2.29. The van der Waals surface area contributed by atoms with Crippen molar-refractivity contribution in [3.8, 4) is 0 Å². The highest BCUT2D eigenvalue weighted by atomic mass is 32.2. The van der Waals surface area contributed by atoms with Gasteiger partial charge in [-0.3, -0.25) is 9.69 Å². The fraction of sp³-hybridized carbons (Fsp3) is 0.381. The van der Waals surface area contributed by atoms with Crippen LogP contribution in [0.3, 0.4) is 0 Å². The lowest BCUT2D eigenvalue weighted by Gasteiger charge is -2.38. The second kappa shape index (κ2) is 7.85. The topological polar surface area (TPSA) is 60.9 Å². The molecule has 29 heavy (non-hydrogen) atoms. The molecule has 4 rings (SSSR count). The van der Waals surface area contributed by atoms with Gasteiger partial charge in [0, 0.05) is 38.4 Å². The smallest absolute Gasteiger partial charge is 0.244 e. The number of halogens is 1. The molecule has 1 atom stereocenters. The molecule has 1 amide bonds. The van der Waals surface area contributed by atoms with Crippen molar-refractivity contribution >= 4 is 21.6 Å². The summed E-state index contributed by atoms with van der Waals surface area (Å²) in [6, 6.07) is 12.7. The normalized spacial score (nSPS) is 19.2. The fourth-order valence-corrected chi connectivity index (χ4v) is 5.51. The molecule has 1 saturated heterocycles. The first-order valence-electron chi connectivity index (χ1n) is 9.77. The van der Waals surface area contributed by atoms with Crippen LogP contribution in [0.4, 0.5) is 10.1 Å². The third kappa shape index (κ3) is 3.80.